The standard InChI is InChI=1S/C9H13N3O2S/c10-12-8(13)4-1-5-11-9(14)7-3-2-6-15-7/h2-3,6H,1,4-5,10H2,(H,11,14)(H,12,13). The molecule has 0 bridgehead atoms. The fourth-order valence-corrected chi connectivity index (χ4v) is 1.66. The predicted molar refractivity (Wildman–Crippen MR) is 58.2 cm³/mol. The number of hydrogen-bond donors (Lipinski definition) is 3. The van der Waals surface area contributed by atoms with Crippen molar-refractivity contribution in [3.63, 3.8) is 0 Å². The highest BCUT2D eigenvalue weighted by Gasteiger charge is 2.05. The molecule has 6 heteroatoms. The van der Waals surface area contributed by atoms with E-state index >= 15 is 0 Å². The second kappa shape index (κ2) is 6.15. The summed E-state index contributed by atoms with van der Waals surface area (Å²) in [5, 5.41) is 4.56. The molecule has 0 aromatic carbocycles. The van der Waals surface area contributed by atoms with Crippen molar-refractivity contribution in [1.29, 1.82) is 0 Å². The van der Waals surface area contributed by atoms with Gasteiger partial charge >= 0.3 is 0 Å². The quantitative estimate of drug-likeness (QED) is 0.292. The van der Waals surface area contributed by atoms with Crippen molar-refractivity contribution in [2.75, 3.05) is 6.54 Å². The van der Waals surface area contributed by atoms with Crippen molar-refractivity contribution in [1.82, 2.24) is 10.7 Å². The van der Waals surface area contributed by atoms with Crippen molar-refractivity contribution in [2.24, 2.45) is 5.84 Å². The zero-order chi connectivity index (χ0) is 11.1. The number of carbonyl (C=O) groups is 2. The molecule has 0 unspecified atom stereocenters. The van der Waals surface area contributed by atoms with Crippen molar-refractivity contribution in [2.45, 2.75) is 12.8 Å². The lowest BCUT2D eigenvalue weighted by molar-refractivity contribution is -0.121. The van der Waals surface area contributed by atoms with Gasteiger partial charge in [-0.1, -0.05) is 6.07 Å². The summed E-state index contributed by atoms with van der Waals surface area (Å²) in [6.07, 6.45) is 0.904. The molecule has 4 N–H and O–H groups in total. The zero-order valence-corrected chi connectivity index (χ0v) is 8.97. The minimum absolute atomic E-state index is 0.0989. The van der Waals surface area contributed by atoms with E-state index in [1.807, 2.05) is 16.9 Å². The Bertz CT molecular complexity index is 324. The number of nitrogens with one attached hydrogen (secondary N) is 2. The molecule has 0 spiro atoms. The molecule has 1 aromatic heterocycles. The highest BCUT2D eigenvalue weighted by molar-refractivity contribution is 7.12. The normalized spacial score (nSPS) is 9.67. The largest absolute Gasteiger partial charge is 0.351 e. The van der Waals surface area contributed by atoms with E-state index in [2.05, 4.69) is 5.32 Å². The van der Waals surface area contributed by atoms with E-state index in [0.717, 1.165) is 0 Å². The molecule has 1 rings (SSSR count). The molecule has 0 fully saturated rings. The lowest BCUT2D eigenvalue weighted by Crippen LogP contribution is -2.31. The highest BCUT2D eigenvalue weighted by Crippen LogP contribution is 2.07. The Morgan fingerprint density at radius 2 is 2.27 bits per heavy atom. The van der Waals surface area contributed by atoms with Gasteiger partial charge < -0.3 is 5.32 Å². The number of carbonyl (C=O) groups excluding carboxylic acids is 2. The van der Waals surface area contributed by atoms with E-state index in [0.29, 0.717) is 24.3 Å². The first-order chi connectivity index (χ1) is 7.24. The van der Waals surface area contributed by atoms with Crippen LogP contribution in [0.1, 0.15) is 22.5 Å². The smallest absolute Gasteiger partial charge is 0.261 e. The summed E-state index contributed by atoms with van der Waals surface area (Å²) in [4.78, 5) is 22.8. The molecule has 0 saturated heterocycles. The van der Waals surface area contributed by atoms with Gasteiger partial charge in [0.05, 0.1) is 4.88 Å². The van der Waals surface area contributed by atoms with Crippen LogP contribution in [0.15, 0.2) is 17.5 Å². The molecule has 15 heavy (non-hydrogen) atoms. The van der Waals surface area contributed by atoms with Crippen LogP contribution in [0.25, 0.3) is 0 Å². The molecule has 0 aliphatic rings. The van der Waals surface area contributed by atoms with Crippen LogP contribution in [-0.2, 0) is 4.79 Å². The monoisotopic (exact) mass is 227 g/mol. The van der Waals surface area contributed by atoms with Gasteiger partial charge in [-0.2, -0.15) is 0 Å². The number of nitrogens with two attached hydrogens (primary N) is 1. The molecular formula is C9H13N3O2S. The van der Waals surface area contributed by atoms with E-state index in [1.165, 1.54) is 11.3 Å². The number of hydrogen-bond acceptors (Lipinski definition) is 4. The maximum Gasteiger partial charge on any atom is 0.261 e. The first-order valence-corrected chi connectivity index (χ1v) is 5.43. The van der Waals surface area contributed by atoms with Crippen molar-refractivity contribution < 1.29 is 9.59 Å². The summed E-state index contributed by atoms with van der Waals surface area (Å²) in [7, 11) is 0. The fraction of sp³-hybridized carbons (Fsp3) is 0.333. The summed E-state index contributed by atoms with van der Waals surface area (Å²) in [5.74, 6) is 4.59. The topological polar surface area (TPSA) is 84.2 Å². The average molecular weight is 227 g/mol. The van der Waals surface area contributed by atoms with Crippen LogP contribution in [-0.4, -0.2) is 18.4 Å². The molecule has 1 heterocycles. The van der Waals surface area contributed by atoms with Gasteiger partial charge in [0.1, 0.15) is 0 Å². The van der Waals surface area contributed by atoms with Gasteiger partial charge in [-0.15, -0.1) is 11.3 Å². The van der Waals surface area contributed by atoms with E-state index in [4.69, 9.17) is 5.84 Å². The number of amides is 2. The number of rotatable bonds is 5. The average Bonchev–Trinajstić information content (AvgIpc) is 2.77. The SMILES string of the molecule is NNC(=O)CCCNC(=O)c1cccs1. The van der Waals surface area contributed by atoms with Gasteiger partial charge in [0.25, 0.3) is 5.91 Å². The minimum Gasteiger partial charge on any atom is -0.351 e. The fourth-order valence-electron chi connectivity index (χ4n) is 1.02. The third kappa shape index (κ3) is 4.09. The molecule has 0 aliphatic heterocycles. The first-order valence-electron chi connectivity index (χ1n) is 4.55. The number of hydrazine groups is 1. The van der Waals surface area contributed by atoms with Crippen molar-refractivity contribution in [3.05, 3.63) is 22.4 Å². The molecule has 0 aliphatic carbocycles. The van der Waals surface area contributed by atoms with Crippen molar-refractivity contribution >= 4 is 23.2 Å². The van der Waals surface area contributed by atoms with Crippen molar-refractivity contribution in [3.8, 4) is 0 Å². The van der Waals surface area contributed by atoms with Crippen LogP contribution in [0, 0.1) is 0 Å². The zero-order valence-electron chi connectivity index (χ0n) is 8.16. The summed E-state index contributed by atoms with van der Waals surface area (Å²) < 4.78 is 0. The Kier molecular flexibility index (Phi) is 4.79. The summed E-state index contributed by atoms with van der Waals surface area (Å²) >= 11 is 1.39. The van der Waals surface area contributed by atoms with Crippen LogP contribution in [0.4, 0.5) is 0 Å². The second-order valence-electron chi connectivity index (χ2n) is 2.90. The summed E-state index contributed by atoms with van der Waals surface area (Å²) in [6, 6.07) is 3.58. The molecule has 0 saturated carbocycles. The highest BCUT2D eigenvalue weighted by atomic mass is 32.1. The van der Waals surface area contributed by atoms with Gasteiger partial charge in [0.15, 0.2) is 0 Å². The molecule has 2 amide bonds. The van der Waals surface area contributed by atoms with E-state index in [9.17, 15) is 9.59 Å². The van der Waals surface area contributed by atoms with Crippen LogP contribution < -0.4 is 16.6 Å². The maximum absolute atomic E-state index is 11.4. The molecular weight excluding hydrogens is 214 g/mol. The molecule has 0 atom stereocenters. The van der Waals surface area contributed by atoms with E-state index in [1.54, 1.807) is 6.07 Å². The number of thiophene rings is 1. The van der Waals surface area contributed by atoms with Crippen LogP contribution in [0.2, 0.25) is 0 Å². The Balaban J connectivity index is 2.16. The molecule has 0 radical (unpaired) electrons. The minimum atomic E-state index is -0.222. The van der Waals surface area contributed by atoms with Gasteiger partial charge in [0.2, 0.25) is 5.91 Å². The van der Waals surface area contributed by atoms with Gasteiger partial charge in [0, 0.05) is 13.0 Å². The Hall–Kier alpha value is -1.40. The van der Waals surface area contributed by atoms with Crippen LogP contribution >= 0.6 is 11.3 Å². The van der Waals surface area contributed by atoms with Gasteiger partial charge in [-0.3, -0.25) is 15.0 Å². The van der Waals surface area contributed by atoms with Crippen LogP contribution in [0.5, 0.6) is 0 Å². The molecule has 1 aromatic rings. The first kappa shape index (κ1) is 11.7. The van der Waals surface area contributed by atoms with Crippen LogP contribution in [0.3, 0.4) is 0 Å². The van der Waals surface area contributed by atoms with E-state index in [-0.39, 0.29) is 11.8 Å². The van der Waals surface area contributed by atoms with E-state index < -0.39 is 0 Å². The Morgan fingerprint density at radius 3 is 2.87 bits per heavy atom. The summed E-state index contributed by atoms with van der Waals surface area (Å²) in [6.45, 7) is 0.476. The lowest BCUT2D eigenvalue weighted by atomic mass is 10.3. The third-order valence-corrected chi connectivity index (χ3v) is 2.64. The predicted octanol–water partition coefficient (Wildman–Crippen LogP) is 0.248. The lowest BCUT2D eigenvalue weighted by Gasteiger charge is -2.02. The maximum atomic E-state index is 11.4. The molecule has 82 valence electrons. The van der Waals surface area contributed by atoms with Gasteiger partial charge in [-0.05, 0) is 17.9 Å². The summed E-state index contributed by atoms with van der Waals surface area (Å²) in [5.41, 5.74) is 2.03. The Morgan fingerprint density at radius 1 is 1.47 bits per heavy atom. The second-order valence-corrected chi connectivity index (χ2v) is 3.85. The van der Waals surface area contributed by atoms with Gasteiger partial charge in [-0.25, -0.2) is 5.84 Å². The Labute approximate surface area is 91.6 Å². The molecule has 5 nitrogen and oxygen atoms in total. The third-order valence-electron chi connectivity index (χ3n) is 1.77.